The van der Waals surface area contributed by atoms with Crippen molar-refractivity contribution in [2.24, 2.45) is 0 Å². The van der Waals surface area contributed by atoms with Crippen LogP contribution in [0.2, 0.25) is 5.02 Å². The second-order valence-corrected chi connectivity index (χ2v) is 4.84. The van der Waals surface area contributed by atoms with E-state index in [0.717, 1.165) is 0 Å². The molecular weight excluding hydrogens is 298 g/mol. The Morgan fingerprint density at radius 2 is 1.95 bits per heavy atom. The van der Waals surface area contributed by atoms with Crippen LogP contribution in [0.3, 0.4) is 0 Å². The van der Waals surface area contributed by atoms with E-state index in [-0.39, 0.29) is 28.7 Å². The van der Waals surface area contributed by atoms with Crippen molar-refractivity contribution in [3.8, 4) is 0 Å². The third-order valence-corrected chi connectivity index (χ3v) is 3.16. The highest BCUT2D eigenvalue weighted by atomic mass is 35.5. The van der Waals surface area contributed by atoms with Crippen molar-refractivity contribution in [2.75, 3.05) is 10.6 Å². The monoisotopic (exact) mass is 310 g/mol. The number of amides is 1. The molecule has 2 aromatic rings. The topological polar surface area (TPSA) is 41.1 Å². The first-order valence-corrected chi connectivity index (χ1v) is 6.59. The van der Waals surface area contributed by atoms with Crippen LogP contribution in [0.5, 0.6) is 0 Å². The minimum absolute atomic E-state index is 0.0337. The molecule has 2 N–H and O–H groups in total. The van der Waals surface area contributed by atoms with Gasteiger partial charge in [-0.1, -0.05) is 17.7 Å². The summed E-state index contributed by atoms with van der Waals surface area (Å²) in [5.41, 5.74) is 0.857. The summed E-state index contributed by atoms with van der Waals surface area (Å²) in [7, 11) is 0. The molecule has 110 valence electrons. The predicted molar refractivity (Wildman–Crippen MR) is 79.4 cm³/mol. The van der Waals surface area contributed by atoms with Crippen LogP contribution in [0.25, 0.3) is 0 Å². The first-order valence-electron chi connectivity index (χ1n) is 6.21. The number of anilines is 2. The Morgan fingerprint density at radius 3 is 2.62 bits per heavy atom. The van der Waals surface area contributed by atoms with Gasteiger partial charge in [0.15, 0.2) is 0 Å². The van der Waals surface area contributed by atoms with Crippen LogP contribution in [0.4, 0.5) is 20.2 Å². The molecule has 21 heavy (non-hydrogen) atoms. The van der Waals surface area contributed by atoms with Gasteiger partial charge < -0.3 is 10.6 Å². The Hall–Kier alpha value is -2.14. The summed E-state index contributed by atoms with van der Waals surface area (Å²) in [5.74, 6) is -1.23. The fourth-order valence-electron chi connectivity index (χ4n) is 1.83. The van der Waals surface area contributed by atoms with Crippen LogP contribution in [-0.4, -0.2) is 5.91 Å². The summed E-state index contributed by atoms with van der Waals surface area (Å²) < 4.78 is 27.3. The molecule has 2 rings (SSSR count). The molecule has 6 heteroatoms. The van der Waals surface area contributed by atoms with Crippen molar-refractivity contribution < 1.29 is 13.6 Å². The van der Waals surface area contributed by atoms with E-state index < -0.39 is 11.6 Å². The number of carbonyl (C=O) groups excluding carboxylic acids is 1. The van der Waals surface area contributed by atoms with E-state index in [0.29, 0.717) is 5.69 Å². The SMILES string of the molecule is CC(=O)Nc1ccc(F)c(NCc2c(F)cccc2Cl)c1. The van der Waals surface area contributed by atoms with Crippen molar-refractivity contribution in [3.63, 3.8) is 0 Å². The van der Waals surface area contributed by atoms with Gasteiger partial charge in [-0.05, 0) is 30.3 Å². The zero-order chi connectivity index (χ0) is 15.4. The van der Waals surface area contributed by atoms with E-state index in [1.165, 1.54) is 37.3 Å². The molecule has 0 radical (unpaired) electrons. The molecule has 0 unspecified atom stereocenters. The molecule has 1 amide bonds. The number of hydrogen-bond donors (Lipinski definition) is 2. The molecule has 0 heterocycles. The number of nitrogens with one attached hydrogen (secondary N) is 2. The summed E-state index contributed by atoms with van der Waals surface area (Å²) in [6.45, 7) is 1.39. The summed E-state index contributed by atoms with van der Waals surface area (Å²) in [6, 6.07) is 8.44. The summed E-state index contributed by atoms with van der Waals surface area (Å²) in [5, 5.41) is 5.59. The van der Waals surface area contributed by atoms with Gasteiger partial charge in [0.1, 0.15) is 11.6 Å². The molecule has 0 spiro atoms. The fraction of sp³-hybridized carbons (Fsp3) is 0.133. The quantitative estimate of drug-likeness (QED) is 0.889. The molecule has 0 aliphatic carbocycles. The fourth-order valence-corrected chi connectivity index (χ4v) is 2.06. The zero-order valence-electron chi connectivity index (χ0n) is 11.2. The lowest BCUT2D eigenvalue weighted by Crippen LogP contribution is -2.08. The van der Waals surface area contributed by atoms with E-state index >= 15 is 0 Å². The van der Waals surface area contributed by atoms with Gasteiger partial charge in [0, 0.05) is 29.7 Å². The molecule has 2 aromatic carbocycles. The molecule has 0 aliphatic heterocycles. The Bertz CT molecular complexity index is 656. The van der Waals surface area contributed by atoms with Crippen molar-refractivity contribution in [3.05, 3.63) is 58.6 Å². The van der Waals surface area contributed by atoms with Gasteiger partial charge >= 0.3 is 0 Å². The van der Waals surface area contributed by atoms with Crippen LogP contribution in [0, 0.1) is 11.6 Å². The van der Waals surface area contributed by atoms with Gasteiger partial charge in [-0.25, -0.2) is 8.78 Å². The molecule has 0 aliphatic rings. The minimum Gasteiger partial charge on any atom is -0.378 e. The molecule has 0 bridgehead atoms. The van der Waals surface area contributed by atoms with Crippen LogP contribution in [-0.2, 0) is 11.3 Å². The van der Waals surface area contributed by atoms with E-state index in [1.807, 2.05) is 0 Å². The third-order valence-electron chi connectivity index (χ3n) is 2.80. The van der Waals surface area contributed by atoms with Crippen molar-refractivity contribution in [2.45, 2.75) is 13.5 Å². The number of halogens is 3. The highest BCUT2D eigenvalue weighted by Gasteiger charge is 2.09. The maximum Gasteiger partial charge on any atom is 0.221 e. The van der Waals surface area contributed by atoms with E-state index in [2.05, 4.69) is 10.6 Å². The second kappa shape index (κ2) is 6.54. The van der Waals surface area contributed by atoms with Crippen molar-refractivity contribution in [1.82, 2.24) is 0 Å². The first kappa shape index (κ1) is 15.3. The first-order chi connectivity index (χ1) is 9.97. The lowest BCUT2D eigenvalue weighted by molar-refractivity contribution is -0.114. The largest absolute Gasteiger partial charge is 0.378 e. The molecule has 0 aromatic heterocycles. The molecule has 0 fully saturated rings. The Kier molecular flexibility index (Phi) is 4.75. The maximum atomic E-state index is 13.7. The Balaban J connectivity index is 2.18. The smallest absolute Gasteiger partial charge is 0.221 e. The highest BCUT2D eigenvalue weighted by Crippen LogP contribution is 2.23. The zero-order valence-corrected chi connectivity index (χ0v) is 12.0. The Labute approximate surface area is 125 Å². The van der Waals surface area contributed by atoms with Crippen LogP contribution >= 0.6 is 11.6 Å². The Morgan fingerprint density at radius 1 is 1.19 bits per heavy atom. The van der Waals surface area contributed by atoms with E-state index in [1.54, 1.807) is 6.07 Å². The number of hydrogen-bond acceptors (Lipinski definition) is 2. The molecule has 0 saturated heterocycles. The average molecular weight is 311 g/mol. The number of carbonyl (C=O) groups is 1. The normalized spacial score (nSPS) is 10.3. The van der Waals surface area contributed by atoms with E-state index in [9.17, 15) is 13.6 Å². The summed E-state index contributed by atoms with van der Waals surface area (Å²) in [6.07, 6.45) is 0. The van der Waals surface area contributed by atoms with Gasteiger partial charge in [0.25, 0.3) is 0 Å². The van der Waals surface area contributed by atoms with Gasteiger partial charge in [-0.15, -0.1) is 0 Å². The van der Waals surface area contributed by atoms with Gasteiger partial charge in [0.05, 0.1) is 5.69 Å². The molecule has 0 atom stereocenters. The standard InChI is InChI=1S/C15H13ClF2N2O/c1-9(21)20-10-5-6-14(18)15(7-10)19-8-11-12(16)3-2-4-13(11)17/h2-7,19H,8H2,1H3,(H,20,21). The predicted octanol–water partition coefficient (Wildman–Crippen LogP) is 4.19. The van der Waals surface area contributed by atoms with Crippen molar-refractivity contribution >= 4 is 28.9 Å². The third kappa shape index (κ3) is 3.92. The second-order valence-electron chi connectivity index (χ2n) is 4.43. The summed E-state index contributed by atoms with van der Waals surface area (Å²) >= 11 is 5.90. The van der Waals surface area contributed by atoms with E-state index in [4.69, 9.17) is 11.6 Å². The number of benzene rings is 2. The number of rotatable bonds is 4. The minimum atomic E-state index is -0.503. The average Bonchev–Trinajstić information content (AvgIpc) is 2.41. The van der Waals surface area contributed by atoms with Gasteiger partial charge in [0.2, 0.25) is 5.91 Å². The molecular formula is C15H13ClF2N2O. The van der Waals surface area contributed by atoms with Crippen LogP contribution in [0.15, 0.2) is 36.4 Å². The van der Waals surface area contributed by atoms with Crippen molar-refractivity contribution in [1.29, 1.82) is 0 Å². The lowest BCUT2D eigenvalue weighted by Gasteiger charge is -2.11. The lowest BCUT2D eigenvalue weighted by atomic mass is 10.2. The van der Waals surface area contributed by atoms with Crippen LogP contribution in [0.1, 0.15) is 12.5 Å². The van der Waals surface area contributed by atoms with Gasteiger partial charge in [-0.3, -0.25) is 4.79 Å². The maximum absolute atomic E-state index is 13.7. The van der Waals surface area contributed by atoms with Crippen LogP contribution < -0.4 is 10.6 Å². The molecule has 0 saturated carbocycles. The molecule has 3 nitrogen and oxygen atoms in total. The van der Waals surface area contributed by atoms with Gasteiger partial charge in [-0.2, -0.15) is 0 Å². The highest BCUT2D eigenvalue weighted by molar-refractivity contribution is 6.31. The summed E-state index contributed by atoms with van der Waals surface area (Å²) in [4.78, 5) is 11.0.